The molecule has 0 unspecified atom stereocenters. The van der Waals surface area contributed by atoms with Crippen molar-refractivity contribution in [1.29, 1.82) is 0 Å². The summed E-state index contributed by atoms with van der Waals surface area (Å²) in [5.74, 6) is 0.893. The van der Waals surface area contributed by atoms with Crippen molar-refractivity contribution in [2.24, 2.45) is 5.73 Å². The Morgan fingerprint density at radius 3 is 2.07 bits per heavy atom. The van der Waals surface area contributed by atoms with Crippen molar-refractivity contribution >= 4 is 32.3 Å². The smallest absolute Gasteiger partial charge is 0.119 e. The van der Waals surface area contributed by atoms with Gasteiger partial charge in [-0.05, 0) is 68.5 Å². The Bertz CT molecular complexity index is 1210. The third kappa shape index (κ3) is 2.70. The van der Waals surface area contributed by atoms with E-state index in [-0.39, 0.29) is 0 Å². The molecule has 2 N–H and O–H groups in total. The molecule has 5 aromatic carbocycles. The summed E-state index contributed by atoms with van der Waals surface area (Å²) in [5, 5.41) is 7.90. The Morgan fingerprint density at radius 2 is 1.33 bits per heavy atom. The minimum Gasteiger partial charge on any atom is -0.494 e. The van der Waals surface area contributed by atoms with E-state index in [0.29, 0.717) is 13.2 Å². The summed E-state index contributed by atoms with van der Waals surface area (Å²) >= 11 is 0. The van der Waals surface area contributed by atoms with Gasteiger partial charge < -0.3 is 10.5 Å². The fourth-order valence-corrected chi connectivity index (χ4v) is 3.99. The SMILES string of the molecule is NCCCOc1ccc(-c2ccc3ccc4cccc5ccc2c3c45)cc1. The lowest BCUT2D eigenvalue weighted by atomic mass is 9.90. The Hall–Kier alpha value is -3.10. The van der Waals surface area contributed by atoms with E-state index in [2.05, 4.69) is 66.7 Å². The first kappa shape index (κ1) is 16.1. The van der Waals surface area contributed by atoms with Crippen LogP contribution in [0.1, 0.15) is 6.42 Å². The van der Waals surface area contributed by atoms with Gasteiger partial charge in [-0.1, -0.05) is 66.7 Å². The zero-order chi connectivity index (χ0) is 18.2. The Morgan fingerprint density at radius 1 is 0.667 bits per heavy atom. The molecule has 0 aliphatic rings. The van der Waals surface area contributed by atoms with Gasteiger partial charge in [0.15, 0.2) is 0 Å². The van der Waals surface area contributed by atoms with Gasteiger partial charge >= 0.3 is 0 Å². The van der Waals surface area contributed by atoms with E-state index in [1.54, 1.807) is 0 Å². The Kier molecular flexibility index (Phi) is 3.92. The topological polar surface area (TPSA) is 35.2 Å². The highest BCUT2D eigenvalue weighted by molar-refractivity contribution is 6.25. The summed E-state index contributed by atoms with van der Waals surface area (Å²) in [6.45, 7) is 1.31. The molecule has 0 aliphatic heterocycles. The molecule has 0 heterocycles. The monoisotopic (exact) mass is 351 g/mol. The fourth-order valence-electron chi connectivity index (χ4n) is 3.99. The van der Waals surface area contributed by atoms with E-state index in [0.717, 1.165) is 12.2 Å². The lowest BCUT2D eigenvalue weighted by molar-refractivity contribution is 0.313. The molecular weight excluding hydrogens is 330 g/mol. The van der Waals surface area contributed by atoms with Crippen molar-refractivity contribution in [3.8, 4) is 16.9 Å². The molecule has 5 aromatic rings. The summed E-state index contributed by atoms with van der Waals surface area (Å²) in [6.07, 6.45) is 0.872. The van der Waals surface area contributed by atoms with Crippen LogP contribution < -0.4 is 10.5 Å². The van der Waals surface area contributed by atoms with Crippen molar-refractivity contribution in [1.82, 2.24) is 0 Å². The van der Waals surface area contributed by atoms with Crippen molar-refractivity contribution < 1.29 is 4.74 Å². The first-order valence-corrected chi connectivity index (χ1v) is 9.45. The molecule has 2 nitrogen and oxygen atoms in total. The maximum Gasteiger partial charge on any atom is 0.119 e. The van der Waals surface area contributed by atoms with Crippen LogP contribution in [0.25, 0.3) is 43.4 Å². The van der Waals surface area contributed by atoms with Gasteiger partial charge in [-0.15, -0.1) is 0 Å². The molecule has 0 saturated heterocycles. The van der Waals surface area contributed by atoms with Crippen LogP contribution in [0, 0.1) is 0 Å². The van der Waals surface area contributed by atoms with Crippen LogP contribution in [0.4, 0.5) is 0 Å². The van der Waals surface area contributed by atoms with E-state index < -0.39 is 0 Å². The second kappa shape index (κ2) is 6.57. The summed E-state index contributed by atoms with van der Waals surface area (Å²) < 4.78 is 5.74. The fraction of sp³-hybridized carbons (Fsp3) is 0.120. The highest BCUT2D eigenvalue weighted by Crippen LogP contribution is 2.39. The van der Waals surface area contributed by atoms with E-state index >= 15 is 0 Å². The van der Waals surface area contributed by atoms with Gasteiger partial charge in [0.1, 0.15) is 5.75 Å². The molecule has 0 amide bonds. The van der Waals surface area contributed by atoms with Gasteiger partial charge in [-0.2, -0.15) is 0 Å². The highest BCUT2D eigenvalue weighted by atomic mass is 16.5. The van der Waals surface area contributed by atoms with Gasteiger partial charge in [-0.25, -0.2) is 0 Å². The molecule has 5 rings (SSSR count). The number of hydrogen-bond acceptors (Lipinski definition) is 2. The van der Waals surface area contributed by atoms with Gasteiger partial charge in [0.2, 0.25) is 0 Å². The van der Waals surface area contributed by atoms with Crippen LogP contribution in [0.15, 0.2) is 78.9 Å². The first-order valence-electron chi connectivity index (χ1n) is 9.45. The van der Waals surface area contributed by atoms with Crippen molar-refractivity contribution in [2.45, 2.75) is 6.42 Å². The molecule has 0 fully saturated rings. The van der Waals surface area contributed by atoms with Gasteiger partial charge in [0.25, 0.3) is 0 Å². The first-order chi connectivity index (χ1) is 13.3. The van der Waals surface area contributed by atoms with Crippen LogP contribution in [-0.4, -0.2) is 13.2 Å². The minimum absolute atomic E-state index is 0.654. The Balaban J connectivity index is 1.65. The van der Waals surface area contributed by atoms with Crippen molar-refractivity contribution in [2.75, 3.05) is 13.2 Å². The van der Waals surface area contributed by atoms with Crippen LogP contribution in [0.5, 0.6) is 5.75 Å². The molecule has 0 bridgehead atoms. The summed E-state index contributed by atoms with van der Waals surface area (Å²) in [7, 11) is 0. The summed E-state index contributed by atoms with van der Waals surface area (Å²) in [4.78, 5) is 0. The third-order valence-corrected chi connectivity index (χ3v) is 5.31. The lowest BCUT2D eigenvalue weighted by Crippen LogP contribution is -2.05. The summed E-state index contributed by atoms with van der Waals surface area (Å²) in [6, 6.07) is 28.3. The maximum atomic E-state index is 5.74. The molecule has 0 atom stereocenters. The molecule has 0 radical (unpaired) electrons. The number of rotatable bonds is 5. The molecule has 132 valence electrons. The zero-order valence-corrected chi connectivity index (χ0v) is 15.1. The minimum atomic E-state index is 0.654. The van der Waals surface area contributed by atoms with E-state index in [1.807, 2.05) is 12.1 Å². The quantitative estimate of drug-likeness (QED) is 0.312. The molecule has 0 saturated carbocycles. The molecule has 0 aliphatic carbocycles. The van der Waals surface area contributed by atoms with Crippen LogP contribution >= 0.6 is 0 Å². The molecule has 2 heteroatoms. The van der Waals surface area contributed by atoms with Crippen molar-refractivity contribution in [3.63, 3.8) is 0 Å². The predicted octanol–water partition coefficient (Wildman–Crippen LogP) is 5.98. The largest absolute Gasteiger partial charge is 0.494 e. The number of ether oxygens (including phenoxy) is 1. The van der Waals surface area contributed by atoms with E-state index in [1.165, 1.54) is 43.4 Å². The standard InChI is InChI=1S/C25H21NO/c26-15-2-16-27-21-11-7-17(8-12-21)22-13-9-20-6-5-18-3-1-4-19-10-14-23(22)25(20)24(18)19/h1,3-14H,2,15-16,26H2. The van der Waals surface area contributed by atoms with Gasteiger partial charge in [-0.3, -0.25) is 0 Å². The molecule has 0 spiro atoms. The van der Waals surface area contributed by atoms with Gasteiger partial charge in [0.05, 0.1) is 6.61 Å². The van der Waals surface area contributed by atoms with Crippen LogP contribution in [0.3, 0.4) is 0 Å². The van der Waals surface area contributed by atoms with Crippen LogP contribution in [0.2, 0.25) is 0 Å². The number of hydrogen-bond donors (Lipinski definition) is 1. The second-order valence-corrected chi connectivity index (χ2v) is 6.98. The Labute approximate surface area is 158 Å². The van der Waals surface area contributed by atoms with Crippen LogP contribution in [-0.2, 0) is 0 Å². The lowest BCUT2D eigenvalue weighted by Gasteiger charge is -2.14. The average molecular weight is 351 g/mol. The van der Waals surface area contributed by atoms with E-state index in [4.69, 9.17) is 10.5 Å². The highest BCUT2D eigenvalue weighted by Gasteiger charge is 2.11. The molecular formula is C25H21NO. The average Bonchev–Trinajstić information content (AvgIpc) is 2.73. The van der Waals surface area contributed by atoms with E-state index in [9.17, 15) is 0 Å². The normalized spacial score (nSPS) is 11.6. The maximum absolute atomic E-state index is 5.74. The number of nitrogens with two attached hydrogens (primary N) is 1. The zero-order valence-electron chi connectivity index (χ0n) is 15.1. The van der Waals surface area contributed by atoms with Crippen molar-refractivity contribution in [3.05, 3.63) is 78.9 Å². The molecule has 27 heavy (non-hydrogen) atoms. The molecule has 0 aromatic heterocycles. The third-order valence-electron chi connectivity index (χ3n) is 5.31. The van der Waals surface area contributed by atoms with Gasteiger partial charge in [0, 0.05) is 0 Å². The summed E-state index contributed by atoms with van der Waals surface area (Å²) in [5.41, 5.74) is 7.99. The predicted molar refractivity (Wildman–Crippen MR) is 115 cm³/mol. The second-order valence-electron chi connectivity index (χ2n) is 6.98. The number of benzene rings is 5.